The summed E-state index contributed by atoms with van der Waals surface area (Å²) in [6.45, 7) is 2.13. The molecule has 0 saturated heterocycles. The fourth-order valence-electron chi connectivity index (χ4n) is 3.27. The van der Waals surface area contributed by atoms with E-state index in [4.69, 9.17) is 4.74 Å². The number of hydrogen-bond acceptors (Lipinski definition) is 5. The summed E-state index contributed by atoms with van der Waals surface area (Å²) in [7, 11) is 5.80. The third kappa shape index (κ3) is 3.33. The van der Waals surface area contributed by atoms with E-state index in [9.17, 15) is 0 Å². The maximum Gasteiger partial charge on any atom is 0.196 e. The number of aromatic nitrogens is 3. The van der Waals surface area contributed by atoms with Crippen molar-refractivity contribution in [3.05, 3.63) is 59.3 Å². The van der Waals surface area contributed by atoms with E-state index in [1.807, 2.05) is 35.0 Å². The number of ether oxygens (including phenoxy) is 1. The Morgan fingerprint density at radius 3 is 2.75 bits per heavy atom. The van der Waals surface area contributed by atoms with Crippen molar-refractivity contribution >= 4 is 29.2 Å². The van der Waals surface area contributed by atoms with E-state index in [0.717, 1.165) is 33.6 Å². The fourth-order valence-corrected chi connectivity index (χ4v) is 4.17. The van der Waals surface area contributed by atoms with Gasteiger partial charge in [0.25, 0.3) is 0 Å². The maximum atomic E-state index is 5.50. The largest absolute Gasteiger partial charge is 0.496 e. The lowest BCUT2D eigenvalue weighted by atomic mass is 10.0. The van der Waals surface area contributed by atoms with E-state index in [1.54, 1.807) is 18.9 Å². The minimum absolute atomic E-state index is 0.756. The van der Waals surface area contributed by atoms with E-state index >= 15 is 0 Å². The van der Waals surface area contributed by atoms with Crippen LogP contribution in [0.4, 0.5) is 5.69 Å². The number of nitrogens with zero attached hydrogens (tertiary/aromatic N) is 4. The van der Waals surface area contributed by atoms with Crippen molar-refractivity contribution < 1.29 is 4.74 Å². The number of benzene rings is 2. The highest BCUT2D eigenvalue weighted by Gasteiger charge is 2.18. The molecular weight excluding hydrogens is 368 g/mol. The molecule has 1 aromatic heterocycles. The number of thioether (sulfide) groups is 1. The van der Waals surface area contributed by atoms with Gasteiger partial charge in [0.15, 0.2) is 11.0 Å². The Labute approximate surface area is 169 Å². The summed E-state index contributed by atoms with van der Waals surface area (Å²) in [5.74, 6) is 2.32. The molecule has 4 rings (SSSR count). The molecule has 0 N–H and O–H groups in total. The van der Waals surface area contributed by atoms with Crippen molar-refractivity contribution in [1.82, 2.24) is 14.8 Å². The quantitative estimate of drug-likeness (QED) is 0.610. The van der Waals surface area contributed by atoms with Gasteiger partial charge in [-0.3, -0.25) is 4.57 Å². The molecule has 0 fully saturated rings. The first-order chi connectivity index (χ1) is 13.6. The van der Waals surface area contributed by atoms with Crippen molar-refractivity contribution in [2.45, 2.75) is 12.1 Å². The predicted molar refractivity (Wildman–Crippen MR) is 116 cm³/mol. The lowest BCUT2D eigenvalue weighted by molar-refractivity contribution is 0.416. The summed E-state index contributed by atoms with van der Waals surface area (Å²) in [6.07, 6.45) is 1.93. The van der Waals surface area contributed by atoms with Crippen molar-refractivity contribution in [1.29, 1.82) is 0 Å². The summed E-state index contributed by atoms with van der Waals surface area (Å²) in [6, 6.07) is 14.4. The van der Waals surface area contributed by atoms with Gasteiger partial charge in [-0.1, -0.05) is 41.8 Å². The first kappa shape index (κ1) is 18.4. The molecule has 0 atom stereocenters. The van der Waals surface area contributed by atoms with Crippen LogP contribution in [0.3, 0.4) is 0 Å². The average molecular weight is 391 g/mol. The zero-order valence-electron chi connectivity index (χ0n) is 16.4. The highest BCUT2D eigenvalue weighted by atomic mass is 32.2. The molecule has 0 saturated carbocycles. The normalized spacial score (nSPS) is 12.9. The Hall–Kier alpha value is -2.95. The molecule has 28 heavy (non-hydrogen) atoms. The van der Waals surface area contributed by atoms with Crippen molar-refractivity contribution in [2.75, 3.05) is 31.9 Å². The third-order valence-corrected chi connectivity index (χ3v) is 5.73. The molecule has 142 valence electrons. The van der Waals surface area contributed by atoms with E-state index in [2.05, 4.69) is 60.0 Å². The van der Waals surface area contributed by atoms with Gasteiger partial charge in [-0.15, -0.1) is 10.2 Å². The minimum atomic E-state index is 0.756. The van der Waals surface area contributed by atoms with Gasteiger partial charge in [0.1, 0.15) is 5.75 Å². The maximum absolute atomic E-state index is 5.50. The van der Waals surface area contributed by atoms with Gasteiger partial charge < -0.3 is 9.64 Å². The van der Waals surface area contributed by atoms with Gasteiger partial charge in [-0.25, -0.2) is 0 Å². The molecule has 0 aliphatic carbocycles. The van der Waals surface area contributed by atoms with Gasteiger partial charge in [-0.2, -0.15) is 0 Å². The number of methoxy groups -OCH3 is 1. The first-order valence-electron chi connectivity index (χ1n) is 9.03. The smallest absolute Gasteiger partial charge is 0.196 e. The molecule has 0 bridgehead atoms. The van der Waals surface area contributed by atoms with E-state index in [1.165, 1.54) is 16.8 Å². The van der Waals surface area contributed by atoms with Crippen LogP contribution < -0.4 is 9.64 Å². The summed E-state index contributed by atoms with van der Waals surface area (Å²) in [5.41, 5.74) is 9.18. The van der Waals surface area contributed by atoms with Crippen LogP contribution in [0.25, 0.3) is 23.2 Å². The second kappa shape index (κ2) is 7.58. The molecule has 0 radical (unpaired) electrons. The second-order valence-electron chi connectivity index (χ2n) is 6.81. The number of hydrogen-bond donors (Lipinski definition) is 0. The number of fused-ring (bicyclic) bond motifs is 1. The molecule has 2 heterocycles. The summed E-state index contributed by atoms with van der Waals surface area (Å²) in [4.78, 5) is 2.14. The monoisotopic (exact) mass is 390 g/mol. The lowest BCUT2D eigenvalue weighted by Gasteiger charge is -2.17. The molecule has 0 amide bonds. The standard InChI is InChI=1S/C22H22N4OS/c1-15-9-10-16(13-19(15)25(2)3)17-11-12-26-21(23-24-22(26)28-14-17)18-7-5-6-8-20(18)27-4/h5-10,12-13H,14H2,1-4H3. The molecule has 1 aliphatic rings. The summed E-state index contributed by atoms with van der Waals surface area (Å²) < 4.78 is 7.48. The Morgan fingerprint density at radius 2 is 1.96 bits per heavy atom. The van der Waals surface area contributed by atoms with Crippen LogP contribution in [0.5, 0.6) is 5.75 Å². The van der Waals surface area contributed by atoms with Gasteiger partial charge in [0, 0.05) is 31.1 Å². The zero-order valence-corrected chi connectivity index (χ0v) is 17.2. The van der Waals surface area contributed by atoms with Gasteiger partial charge in [0.05, 0.1) is 18.9 Å². The highest BCUT2D eigenvalue weighted by molar-refractivity contribution is 7.99. The van der Waals surface area contributed by atoms with Crippen LogP contribution >= 0.6 is 11.8 Å². The molecule has 6 heteroatoms. The number of aryl methyl sites for hydroxylation is 1. The number of para-hydroxylation sites is 1. The molecule has 3 aromatic rings. The van der Waals surface area contributed by atoms with Crippen LogP contribution in [0.2, 0.25) is 0 Å². The summed E-state index contributed by atoms with van der Waals surface area (Å²) in [5, 5.41) is 9.62. The number of anilines is 1. The first-order valence-corrected chi connectivity index (χ1v) is 10.0. The van der Waals surface area contributed by atoms with Gasteiger partial charge in [0.2, 0.25) is 0 Å². The summed E-state index contributed by atoms with van der Waals surface area (Å²) >= 11 is 1.66. The molecule has 0 spiro atoms. The van der Waals surface area contributed by atoms with Crippen molar-refractivity contribution in [3.63, 3.8) is 0 Å². The van der Waals surface area contributed by atoms with Crippen LogP contribution in [0.15, 0.2) is 53.4 Å². The highest BCUT2D eigenvalue weighted by Crippen LogP contribution is 2.34. The van der Waals surface area contributed by atoms with Crippen LogP contribution in [0.1, 0.15) is 11.1 Å². The molecule has 2 aromatic carbocycles. The predicted octanol–water partition coefficient (Wildman–Crippen LogP) is 4.59. The fraction of sp³-hybridized carbons (Fsp3) is 0.227. The van der Waals surface area contributed by atoms with Crippen LogP contribution in [-0.4, -0.2) is 41.7 Å². The van der Waals surface area contributed by atoms with Crippen molar-refractivity contribution in [3.8, 4) is 17.1 Å². The van der Waals surface area contributed by atoms with E-state index in [0.29, 0.717) is 0 Å². The second-order valence-corrected chi connectivity index (χ2v) is 7.76. The molecular formula is C22H22N4OS. The Morgan fingerprint density at radius 1 is 1.14 bits per heavy atom. The average Bonchev–Trinajstić information content (AvgIpc) is 2.99. The van der Waals surface area contributed by atoms with Crippen LogP contribution in [0, 0.1) is 6.92 Å². The number of rotatable bonds is 4. The SMILES string of the molecule is COc1ccccc1-c1nnc2n1C=C=C(c1ccc(C)c(N(C)C)c1)CS2. The topological polar surface area (TPSA) is 43.2 Å². The molecule has 0 unspecified atom stereocenters. The molecule has 5 nitrogen and oxygen atoms in total. The van der Waals surface area contributed by atoms with Gasteiger partial charge >= 0.3 is 0 Å². The molecule has 1 aliphatic heterocycles. The van der Waals surface area contributed by atoms with Gasteiger partial charge in [-0.05, 0) is 36.2 Å². The Kier molecular flexibility index (Phi) is 4.99. The van der Waals surface area contributed by atoms with E-state index in [-0.39, 0.29) is 0 Å². The Bertz CT molecular complexity index is 1090. The minimum Gasteiger partial charge on any atom is -0.496 e. The Balaban J connectivity index is 1.78. The van der Waals surface area contributed by atoms with E-state index < -0.39 is 0 Å². The zero-order chi connectivity index (χ0) is 19.7. The van der Waals surface area contributed by atoms with Crippen LogP contribution in [-0.2, 0) is 0 Å². The lowest BCUT2D eigenvalue weighted by Crippen LogP contribution is -2.10. The van der Waals surface area contributed by atoms with Crippen molar-refractivity contribution in [2.24, 2.45) is 0 Å². The third-order valence-electron chi connectivity index (χ3n) is 4.77.